The number of aryl methyl sites for hydroxylation is 2. The third-order valence-corrected chi connectivity index (χ3v) is 5.20. The van der Waals surface area contributed by atoms with Gasteiger partial charge in [-0.15, -0.1) is 0 Å². The van der Waals surface area contributed by atoms with Crippen LogP contribution in [0.1, 0.15) is 21.5 Å². The van der Waals surface area contributed by atoms with Gasteiger partial charge in [0.1, 0.15) is 42.5 Å². The van der Waals surface area contributed by atoms with Crippen molar-refractivity contribution in [3.05, 3.63) is 47.0 Å². The molecule has 0 radical (unpaired) electrons. The fourth-order valence-electron chi connectivity index (χ4n) is 3.22. The van der Waals surface area contributed by atoms with E-state index in [1.54, 1.807) is 19.9 Å². The number of phenols is 2. The molecule has 10 heteroatoms. The summed E-state index contributed by atoms with van der Waals surface area (Å²) in [6.45, 7) is 2.90. The van der Waals surface area contributed by atoms with Crippen LogP contribution in [0.2, 0.25) is 0 Å². The van der Waals surface area contributed by atoms with Crippen LogP contribution in [0.15, 0.2) is 30.3 Å². The number of hydrogen-bond acceptors (Lipinski definition) is 10. The molecule has 0 aromatic heterocycles. The number of ether oxygens (including phenoxy) is 4. The molecule has 1 aliphatic rings. The fourth-order valence-corrected chi connectivity index (χ4v) is 3.22. The summed E-state index contributed by atoms with van der Waals surface area (Å²) in [5.41, 5.74) is 1.19. The van der Waals surface area contributed by atoms with Crippen molar-refractivity contribution in [2.75, 3.05) is 13.7 Å². The zero-order chi connectivity index (χ0) is 23.6. The predicted octanol–water partition coefficient (Wildman–Crippen LogP) is 0.767. The van der Waals surface area contributed by atoms with Crippen molar-refractivity contribution in [3.8, 4) is 23.0 Å². The Balaban J connectivity index is 1.70. The van der Waals surface area contributed by atoms with Crippen molar-refractivity contribution in [2.24, 2.45) is 0 Å². The molecule has 2 aromatic carbocycles. The van der Waals surface area contributed by atoms with E-state index in [1.807, 2.05) is 0 Å². The van der Waals surface area contributed by atoms with Gasteiger partial charge in [0.15, 0.2) is 11.5 Å². The van der Waals surface area contributed by atoms with Crippen molar-refractivity contribution in [2.45, 2.75) is 44.6 Å². The lowest BCUT2D eigenvalue weighted by molar-refractivity contribution is -0.277. The third-order valence-electron chi connectivity index (χ3n) is 5.20. The van der Waals surface area contributed by atoms with Crippen molar-refractivity contribution in [1.29, 1.82) is 0 Å². The van der Waals surface area contributed by atoms with Crippen LogP contribution in [0.5, 0.6) is 23.0 Å². The second kappa shape index (κ2) is 9.61. The van der Waals surface area contributed by atoms with E-state index in [1.165, 1.54) is 31.4 Å². The van der Waals surface area contributed by atoms with Gasteiger partial charge in [-0.25, -0.2) is 4.79 Å². The van der Waals surface area contributed by atoms with Crippen LogP contribution in [-0.2, 0) is 9.47 Å². The highest BCUT2D eigenvalue weighted by Crippen LogP contribution is 2.31. The summed E-state index contributed by atoms with van der Waals surface area (Å²) < 4.78 is 21.4. The maximum Gasteiger partial charge on any atom is 0.338 e. The number of carbonyl (C=O) groups is 1. The van der Waals surface area contributed by atoms with E-state index in [2.05, 4.69) is 0 Å². The number of hydrogen-bond donors (Lipinski definition) is 5. The minimum Gasteiger partial charge on any atom is -0.508 e. The SMILES string of the molecule is COc1cc(C(=O)OCC2OC(Oc3cc(C)c(O)cc3C)C(O)C(O)C2O)ccc1O. The predicted molar refractivity (Wildman–Crippen MR) is 110 cm³/mol. The number of aromatic hydroxyl groups is 2. The molecule has 10 nitrogen and oxygen atoms in total. The first-order valence-electron chi connectivity index (χ1n) is 9.83. The molecule has 2 aromatic rings. The third kappa shape index (κ3) is 4.89. The molecule has 0 aliphatic carbocycles. The minimum atomic E-state index is -1.62. The van der Waals surface area contributed by atoms with E-state index >= 15 is 0 Å². The first-order chi connectivity index (χ1) is 15.1. The fraction of sp³-hybridized carbons (Fsp3) is 0.409. The molecule has 174 valence electrons. The summed E-state index contributed by atoms with van der Waals surface area (Å²) in [5.74, 6) is -0.458. The van der Waals surface area contributed by atoms with Crippen LogP contribution in [0.4, 0.5) is 0 Å². The average Bonchev–Trinajstić information content (AvgIpc) is 2.76. The maximum absolute atomic E-state index is 12.3. The molecule has 5 unspecified atom stereocenters. The second-order valence-electron chi connectivity index (χ2n) is 7.52. The van der Waals surface area contributed by atoms with Crippen LogP contribution >= 0.6 is 0 Å². The van der Waals surface area contributed by atoms with E-state index in [-0.39, 0.29) is 22.8 Å². The maximum atomic E-state index is 12.3. The summed E-state index contributed by atoms with van der Waals surface area (Å²) in [5, 5.41) is 50.2. The summed E-state index contributed by atoms with van der Waals surface area (Å²) >= 11 is 0. The zero-order valence-electron chi connectivity index (χ0n) is 17.8. The Morgan fingerprint density at radius 2 is 1.66 bits per heavy atom. The molecule has 1 aliphatic heterocycles. The quantitative estimate of drug-likeness (QED) is 0.399. The van der Waals surface area contributed by atoms with Gasteiger partial charge in [0.25, 0.3) is 0 Å². The van der Waals surface area contributed by atoms with Crippen LogP contribution in [0.25, 0.3) is 0 Å². The van der Waals surface area contributed by atoms with E-state index in [4.69, 9.17) is 18.9 Å². The number of esters is 1. The van der Waals surface area contributed by atoms with Crippen LogP contribution < -0.4 is 9.47 Å². The van der Waals surface area contributed by atoms with Gasteiger partial charge in [-0.3, -0.25) is 0 Å². The van der Waals surface area contributed by atoms with Gasteiger partial charge in [0, 0.05) is 0 Å². The van der Waals surface area contributed by atoms with Gasteiger partial charge in [0.05, 0.1) is 12.7 Å². The number of benzene rings is 2. The number of carbonyl (C=O) groups excluding carboxylic acids is 1. The molecule has 0 amide bonds. The van der Waals surface area contributed by atoms with Gasteiger partial charge in [-0.1, -0.05) is 0 Å². The monoisotopic (exact) mass is 450 g/mol. The normalized spacial score (nSPS) is 25.2. The summed E-state index contributed by atoms with van der Waals surface area (Å²) in [6.07, 6.45) is -7.31. The van der Waals surface area contributed by atoms with Crippen LogP contribution in [-0.4, -0.2) is 75.9 Å². The van der Waals surface area contributed by atoms with Gasteiger partial charge in [0.2, 0.25) is 6.29 Å². The lowest BCUT2D eigenvalue weighted by Crippen LogP contribution is -2.60. The van der Waals surface area contributed by atoms with E-state index in [0.717, 1.165) is 0 Å². The Morgan fingerprint density at radius 3 is 2.34 bits per heavy atom. The van der Waals surface area contributed by atoms with Gasteiger partial charge < -0.3 is 44.5 Å². The number of aliphatic hydroxyl groups is 3. The van der Waals surface area contributed by atoms with Crippen molar-refractivity contribution < 1.29 is 49.3 Å². The molecule has 3 rings (SSSR count). The molecule has 0 spiro atoms. The van der Waals surface area contributed by atoms with Crippen LogP contribution in [0.3, 0.4) is 0 Å². The Hall–Kier alpha value is -3.05. The number of phenolic OH excluding ortho intramolecular Hbond substituents is 2. The Bertz CT molecular complexity index is 975. The highest BCUT2D eigenvalue weighted by molar-refractivity contribution is 5.90. The average molecular weight is 450 g/mol. The van der Waals surface area contributed by atoms with E-state index in [9.17, 15) is 30.3 Å². The summed E-state index contributed by atoms with van der Waals surface area (Å²) in [4.78, 5) is 12.3. The highest BCUT2D eigenvalue weighted by atomic mass is 16.7. The molecule has 0 saturated carbocycles. The first kappa shape index (κ1) is 23.6. The van der Waals surface area contributed by atoms with E-state index < -0.39 is 43.3 Å². The molecule has 5 atom stereocenters. The van der Waals surface area contributed by atoms with Gasteiger partial charge in [-0.05, 0) is 55.3 Å². The molecule has 1 fully saturated rings. The van der Waals surface area contributed by atoms with Crippen molar-refractivity contribution in [1.82, 2.24) is 0 Å². The first-order valence-corrected chi connectivity index (χ1v) is 9.83. The summed E-state index contributed by atoms with van der Waals surface area (Å²) in [6, 6.07) is 6.92. The molecule has 0 bridgehead atoms. The molecule has 5 N–H and O–H groups in total. The minimum absolute atomic E-state index is 0.0751. The lowest BCUT2D eigenvalue weighted by atomic mass is 9.99. The largest absolute Gasteiger partial charge is 0.508 e. The number of rotatable bonds is 6. The van der Waals surface area contributed by atoms with Crippen molar-refractivity contribution >= 4 is 5.97 Å². The van der Waals surface area contributed by atoms with Gasteiger partial charge >= 0.3 is 5.97 Å². The standard InChI is InChI=1S/C22H26O10/c1-10-7-15(11(2)6-14(10)24)31-22-20(27)19(26)18(25)17(32-22)9-30-21(28)12-4-5-13(23)16(8-12)29-3/h4-8,17-20,22-27H,9H2,1-3H3. The highest BCUT2D eigenvalue weighted by Gasteiger charge is 2.45. The zero-order valence-corrected chi connectivity index (χ0v) is 17.8. The summed E-state index contributed by atoms with van der Waals surface area (Å²) in [7, 11) is 1.33. The molecule has 1 heterocycles. The lowest BCUT2D eigenvalue weighted by Gasteiger charge is -2.40. The smallest absolute Gasteiger partial charge is 0.338 e. The number of aliphatic hydroxyl groups excluding tert-OH is 3. The molecular formula is C22H26O10. The Morgan fingerprint density at radius 1 is 0.938 bits per heavy atom. The topological polar surface area (TPSA) is 155 Å². The number of methoxy groups -OCH3 is 1. The van der Waals surface area contributed by atoms with Gasteiger partial charge in [-0.2, -0.15) is 0 Å². The Labute approximate surface area is 184 Å². The molecular weight excluding hydrogens is 424 g/mol. The van der Waals surface area contributed by atoms with Crippen molar-refractivity contribution in [3.63, 3.8) is 0 Å². The molecule has 1 saturated heterocycles. The van der Waals surface area contributed by atoms with Crippen LogP contribution in [0, 0.1) is 13.8 Å². The molecule has 32 heavy (non-hydrogen) atoms. The van der Waals surface area contributed by atoms with E-state index in [0.29, 0.717) is 16.9 Å². The Kier molecular flexibility index (Phi) is 7.09. The second-order valence-corrected chi connectivity index (χ2v) is 7.52.